The van der Waals surface area contributed by atoms with Gasteiger partial charge in [0.1, 0.15) is 5.82 Å². The minimum atomic E-state index is -5.65. The first-order valence-corrected chi connectivity index (χ1v) is 8.57. The van der Waals surface area contributed by atoms with Crippen LogP contribution >= 0.6 is 0 Å². The van der Waals surface area contributed by atoms with Crippen LogP contribution in [0.15, 0.2) is 53.3 Å². The predicted molar refractivity (Wildman–Crippen MR) is 95.6 cm³/mol. The van der Waals surface area contributed by atoms with E-state index in [1.54, 1.807) is 17.4 Å². The number of amides is 1. The number of alkyl halides is 6. The molecular weight excluding hydrogens is 432 g/mol. The molecule has 0 bridgehead atoms. The van der Waals surface area contributed by atoms with E-state index in [1.807, 2.05) is 0 Å². The van der Waals surface area contributed by atoms with Crippen molar-refractivity contribution in [2.75, 3.05) is 0 Å². The number of aliphatic hydroxyl groups is 1. The van der Waals surface area contributed by atoms with Crippen LogP contribution in [0.25, 0.3) is 10.9 Å². The number of benzene rings is 2. The molecular formula is C19H13F6N3O3. The van der Waals surface area contributed by atoms with Crippen molar-refractivity contribution in [1.82, 2.24) is 15.3 Å². The molecule has 0 aliphatic rings. The molecule has 0 radical (unpaired) electrons. The van der Waals surface area contributed by atoms with Gasteiger partial charge in [0.05, 0.1) is 23.0 Å². The highest BCUT2D eigenvalue weighted by molar-refractivity contribution is 5.87. The summed E-state index contributed by atoms with van der Waals surface area (Å²) in [5.41, 5.74) is -7.46. The molecule has 0 aliphatic carbocycles. The second-order valence-corrected chi connectivity index (χ2v) is 6.50. The molecule has 0 fully saturated rings. The zero-order chi connectivity index (χ0) is 23.0. The topological polar surface area (TPSA) is 95.1 Å². The Balaban J connectivity index is 1.94. The maximum atomic E-state index is 13.6. The molecule has 1 aromatic heterocycles. The minimum Gasteiger partial charge on any atom is -0.369 e. The molecule has 1 amide bonds. The van der Waals surface area contributed by atoms with Gasteiger partial charge in [-0.3, -0.25) is 9.59 Å². The highest BCUT2D eigenvalue weighted by Crippen LogP contribution is 2.41. The zero-order valence-corrected chi connectivity index (χ0v) is 15.3. The Kier molecular flexibility index (Phi) is 5.53. The van der Waals surface area contributed by atoms with Crippen LogP contribution in [0.5, 0.6) is 0 Å². The number of H-pyrrole nitrogens is 1. The quantitative estimate of drug-likeness (QED) is 0.538. The number of aromatic nitrogens is 2. The number of aromatic amines is 1. The van der Waals surface area contributed by atoms with Gasteiger partial charge in [-0.1, -0.05) is 24.3 Å². The fourth-order valence-corrected chi connectivity index (χ4v) is 2.85. The molecule has 6 nitrogen and oxygen atoms in total. The number of nitrogens with zero attached hydrogens (tertiary/aromatic N) is 1. The molecule has 1 heterocycles. The molecule has 0 saturated carbocycles. The zero-order valence-electron chi connectivity index (χ0n) is 15.3. The maximum Gasteiger partial charge on any atom is 0.430 e. The van der Waals surface area contributed by atoms with Crippen LogP contribution in [0.2, 0.25) is 0 Å². The van der Waals surface area contributed by atoms with E-state index < -0.39 is 47.1 Å². The lowest BCUT2D eigenvalue weighted by molar-refractivity contribution is -0.257. The van der Waals surface area contributed by atoms with E-state index in [0.717, 1.165) is 0 Å². The summed E-state index contributed by atoms with van der Waals surface area (Å²) in [5, 5.41) is 12.2. The van der Waals surface area contributed by atoms with Gasteiger partial charge < -0.3 is 15.4 Å². The molecule has 0 spiro atoms. The van der Waals surface area contributed by atoms with Gasteiger partial charge in [0, 0.05) is 5.56 Å². The van der Waals surface area contributed by atoms with E-state index in [0.29, 0.717) is 18.2 Å². The van der Waals surface area contributed by atoms with E-state index in [-0.39, 0.29) is 22.8 Å². The Hall–Kier alpha value is -3.41. The van der Waals surface area contributed by atoms with Crippen LogP contribution in [0.1, 0.15) is 17.0 Å². The van der Waals surface area contributed by atoms with Crippen molar-refractivity contribution in [3.05, 3.63) is 75.8 Å². The summed E-state index contributed by atoms with van der Waals surface area (Å²) < 4.78 is 79.5. The maximum absolute atomic E-state index is 13.6. The number of rotatable bonds is 4. The van der Waals surface area contributed by atoms with Gasteiger partial charge in [-0.15, -0.1) is 0 Å². The monoisotopic (exact) mass is 445 g/mol. The fraction of sp³-hybridized carbons (Fsp3) is 0.211. The van der Waals surface area contributed by atoms with E-state index in [9.17, 15) is 41.0 Å². The third-order valence-electron chi connectivity index (χ3n) is 4.42. The van der Waals surface area contributed by atoms with Gasteiger partial charge in [-0.25, -0.2) is 4.98 Å². The summed E-state index contributed by atoms with van der Waals surface area (Å²) in [7, 11) is 0. The number of nitrogens with one attached hydrogen (secondary N) is 2. The largest absolute Gasteiger partial charge is 0.430 e. The third kappa shape index (κ3) is 4.24. The average molecular weight is 445 g/mol. The van der Waals surface area contributed by atoms with Crippen LogP contribution in [-0.2, 0) is 23.1 Å². The Morgan fingerprint density at radius 1 is 1.00 bits per heavy atom. The van der Waals surface area contributed by atoms with Crippen molar-refractivity contribution in [1.29, 1.82) is 0 Å². The number of hydrogen-bond acceptors (Lipinski definition) is 4. The summed E-state index contributed by atoms with van der Waals surface area (Å²) in [4.78, 5) is 30.6. The average Bonchev–Trinajstić information content (AvgIpc) is 2.70. The Bertz CT molecular complexity index is 1190. The molecule has 31 heavy (non-hydrogen) atoms. The van der Waals surface area contributed by atoms with E-state index >= 15 is 0 Å². The second kappa shape index (κ2) is 7.69. The molecule has 12 heteroatoms. The first-order chi connectivity index (χ1) is 14.3. The van der Waals surface area contributed by atoms with Gasteiger partial charge in [-0.05, 0) is 24.3 Å². The smallest absolute Gasteiger partial charge is 0.369 e. The van der Waals surface area contributed by atoms with Crippen molar-refractivity contribution in [3.63, 3.8) is 0 Å². The molecule has 0 aliphatic heterocycles. The highest BCUT2D eigenvalue weighted by atomic mass is 19.4. The first kappa shape index (κ1) is 22.3. The number of carbonyl (C=O) groups excluding carboxylic acids is 1. The normalized spacial score (nSPS) is 14.3. The van der Waals surface area contributed by atoms with Crippen molar-refractivity contribution >= 4 is 16.8 Å². The van der Waals surface area contributed by atoms with Gasteiger partial charge in [-0.2, -0.15) is 26.3 Å². The number of halogens is 6. The van der Waals surface area contributed by atoms with E-state index in [4.69, 9.17) is 0 Å². The van der Waals surface area contributed by atoms with Crippen LogP contribution in [0.4, 0.5) is 26.3 Å². The summed E-state index contributed by atoms with van der Waals surface area (Å²) in [6.45, 7) is -0.726. The van der Waals surface area contributed by atoms with Crippen LogP contribution in [0.3, 0.4) is 0 Å². The Labute approximate surface area is 169 Å². The van der Waals surface area contributed by atoms with Gasteiger partial charge in [0.25, 0.3) is 17.1 Å². The van der Waals surface area contributed by atoms with Crippen molar-refractivity contribution in [2.24, 2.45) is 0 Å². The Morgan fingerprint density at radius 2 is 1.65 bits per heavy atom. The van der Waals surface area contributed by atoms with Crippen molar-refractivity contribution < 1.29 is 36.2 Å². The van der Waals surface area contributed by atoms with Crippen LogP contribution in [0, 0.1) is 0 Å². The molecule has 1 unspecified atom stereocenters. The van der Waals surface area contributed by atoms with Gasteiger partial charge in [0.15, 0.2) is 0 Å². The van der Waals surface area contributed by atoms with Crippen LogP contribution < -0.4 is 10.9 Å². The molecule has 3 aromatic rings. The lowest BCUT2D eigenvalue weighted by Crippen LogP contribution is -2.54. The summed E-state index contributed by atoms with van der Waals surface area (Å²) in [5.74, 6) is -2.25. The molecule has 3 rings (SSSR count). The van der Waals surface area contributed by atoms with Crippen LogP contribution in [-0.4, -0.2) is 27.2 Å². The van der Waals surface area contributed by atoms with E-state index in [2.05, 4.69) is 9.97 Å². The molecule has 2 aromatic carbocycles. The molecule has 3 N–H and O–H groups in total. The van der Waals surface area contributed by atoms with Gasteiger partial charge >= 0.3 is 12.4 Å². The highest BCUT2D eigenvalue weighted by Gasteiger charge is 2.61. The number of hydrogen-bond donors (Lipinski definition) is 3. The minimum absolute atomic E-state index is 0.0449. The van der Waals surface area contributed by atoms with E-state index in [1.165, 1.54) is 12.1 Å². The van der Waals surface area contributed by atoms with Crippen molar-refractivity contribution in [3.8, 4) is 0 Å². The number of fused-ring (bicyclic) bond motifs is 1. The van der Waals surface area contributed by atoms with Gasteiger partial charge in [0.2, 0.25) is 0 Å². The first-order valence-electron chi connectivity index (χ1n) is 8.57. The lowest BCUT2D eigenvalue weighted by Gasteiger charge is -2.30. The summed E-state index contributed by atoms with van der Waals surface area (Å²) in [6.07, 6.45) is -10.6. The number of para-hydroxylation sites is 1. The standard InChI is InChI=1S/C19H13F6N3O3/c20-18(21,22)11-5-3-4-10(8-11)17(31,19(23,24)25)16(30)26-9-14-27-13-7-2-1-6-12(13)15(29)28-14/h1-8,31H,9H2,(H,26,30)(H,27,28,29). The van der Waals surface area contributed by atoms with Crippen molar-refractivity contribution in [2.45, 2.75) is 24.5 Å². The molecule has 1 atom stereocenters. The summed E-state index contributed by atoms with van der Waals surface area (Å²) >= 11 is 0. The molecule has 164 valence electrons. The fourth-order valence-electron chi connectivity index (χ4n) is 2.85. The SMILES string of the molecule is O=C(NCc1nc2ccccc2c(=O)[nH]1)C(O)(c1cccc(C(F)(F)F)c1)C(F)(F)F. The number of carbonyl (C=O) groups is 1. The molecule has 0 saturated heterocycles. The lowest BCUT2D eigenvalue weighted by atomic mass is 9.90. The predicted octanol–water partition coefficient (Wildman–Crippen LogP) is 3.01. The Morgan fingerprint density at radius 3 is 2.29 bits per heavy atom. The second-order valence-electron chi connectivity index (χ2n) is 6.50. The third-order valence-corrected chi connectivity index (χ3v) is 4.42. The summed E-state index contributed by atoms with van der Waals surface area (Å²) in [6, 6.07) is 7.80.